The third-order valence-electron chi connectivity index (χ3n) is 3.42. The summed E-state index contributed by atoms with van der Waals surface area (Å²) in [5.41, 5.74) is 1.33. The largest absolute Gasteiger partial charge is 0.338 e. The Hall–Kier alpha value is -0.870. The molecular formula is C14H22N2OS. The van der Waals surface area contributed by atoms with Crippen LogP contribution < -0.4 is 5.32 Å². The Kier molecular flexibility index (Phi) is 4.40. The SMILES string of the molecule is CC(C)NC1CCN(C(C)Cc2ccsc2)C1=O. The van der Waals surface area contributed by atoms with Crippen LogP contribution >= 0.6 is 11.3 Å². The van der Waals surface area contributed by atoms with Gasteiger partial charge in [-0.25, -0.2) is 0 Å². The van der Waals surface area contributed by atoms with Gasteiger partial charge >= 0.3 is 0 Å². The Morgan fingerprint density at radius 1 is 1.50 bits per heavy atom. The highest BCUT2D eigenvalue weighted by atomic mass is 32.1. The zero-order valence-electron chi connectivity index (χ0n) is 11.3. The second-order valence-electron chi connectivity index (χ2n) is 5.38. The highest BCUT2D eigenvalue weighted by molar-refractivity contribution is 7.07. The molecule has 1 saturated heterocycles. The number of amides is 1. The molecule has 0 radical (unpaired) electrons. The van der Waals surface area contributed by atoms with Crippen molar-refractivity contribution in [2.75, 3.05) is 6.54 Å². The van der Waals surface area contributed by atoms with Crippen LogP contribution in [0, 0.1) is 0 Å². The molecule has 2 unspecified atom stereocenters. The predicted molar refractivity (Wildman–Crippen MR) is 75.9 cm³/mol. The van der Waals surface area contributed by atoms with Gasteiger partial charge in [-0.3, -0.25) is 4.79 Å². The minimum absolute atomic E-state index is 0.0231. The molecule has 0 aromatic carbocycles. The fourth-order valence-electron chi connectivity index (χ4n) is 2.56. The van der Waals surface area contributed by atoms with E-state index in [4.69, 9.17) is 0 Å². The van der Waals surface area contributed by atoms with Gasteiger partial charge in [0.05, 0.1) is 6.04 Å². The molecule has 1 N–H and O–H groups in total. The first-order chi connectivity index (χ1) is 8.58. The van der Waals surface area contributed by atoms with Gasteiger partial charge in [-0.2, -0.15) is 11.3 Å². The van der Waals surface area contributed by atoms with E-state index in [-0.39, 0.29) is 11.9 Å². The van der Waals surface area contributed by atoms with Crippen molar-refractivity contribution in [3.63, 3.8) is 0 Å². The molecular weight excluding hydrogens is 244 g/mol. The number of likely N-dealkylation sites (tertiary alicyclic amines) is 1. The van der Waals surface area contributed by atoms with E-state index in [2.05, 4.69) is 42.9 Å². The summed E-state index contributed by atoms with van der Waals surface area (Å²) in [5.74, 6) is 0.270. The van der Waals surface area contributed by atoms with Gasteiger partial charge in [0.1, 0.15) is 0 Å². The molecule has 0 aliphatic carbocycles. The lowest BCUT2D eigenvalue weighted by Crippen LogP contribution is -2.44. The topological polar surface area (TPSA) is 32.3 Å². The van der Waals surface area contributed by atoms with Crippen LogP contribution in [0.15, 0.2) is 16.8 Å². The third kappa shape index (κ3) is 3.12. The van der Waals surface area contributed by atoms with Gasteiger partial charge in [0.2, 0.25) is 5.91 Å². The molecule has 0 bridgehead atoms. The average molecular weight is 266 g/mol. The Morgan fingerprint density at radius 2 is 2.28 bits per heavy atom. The second-order valence-corrected chi connectivity index (χ2v) is 6.16. The zero-order chi connectivity index (χ0) is 13.1. The summed E-state index contributed by atoms with van der Waals surface area (Å²) in [6.45, 7) is 7.21. The number of nitrogens with one attached hydrogen (secondary N) is 1. The predicted octanol–water partition coefficient (Wildman–Crippen LogP) is 2.28. The highest BCUT2D eigenvalue weighted by Gasteiger charge is 2.34. The maximum atomic E-state index is 12.3. The number of carbonyl (C=O) groups excluding carboxylic acids is 1. The molecule has 1 aliphatic rings. The summed E-state index contributed by atoms with van der Waals surface area (Å²) in [7, 11) is 0. The van der Waals surface area contributed by atoms with E-state index in [1.54, 1.807) is 11.3 Å². The van der Waals surface area contributed by atoms with Crippen LogP contribution in [-0.4, -0.2) is 35.5 Å². The first-order valence-electron chi connectivity index (χ1n) is 6.65. The van der Waals surface area contributed by atoms with Gasteiger partial charge in [-0.15, -0.1) is 0 Å². The fourth-order valence-corrected chi connectivity index (χ4v) is 3.24. The summed E-state index contributed by atoms with van der Waals surface area (Å²) in [6, 6.07) is 2.83. The average Bonchev–Trinajstić information content (AvgIpc) is 2.90. The van der Waals surface area contributed by atoms with Crippen molar-refractivity contribution >= 4 is 17.2 Å². The molecule has 2 atom stereocenters. The van der Waals surface area contributed by atoms with Crippen LogP contribution in [0.5, 0.6) is 0 Å². The smallest absolute Gasteiger partial charge is 0.240 e. The van der Waals surface area contributed by atoms with Crippen LogP contribution in [0.3, 0.4) is 0 Å². The van der Waals surface area contributed by atoms with Crippen molar-refractivity contribution < 1.29 is 4.79 Å². The molecule has 2 rings (SSSR count). The monoisotopic (exact) mass is 266 g/mol. The summed E-state index contributed by atoms with van der Waals surface area (Å²) in [6.07, 6.45) is 1.90. The van der Waals surface area contributed by atoms with Gasteiger partial charge in [-0.05, 0) is 42.2 Å². The summed E-state index contributed by atoms with van der Waals surface area (Å²) < 4.78 is 0. The number of carbonyl (C=O) groups is 1. The van der Waals surface area contributed by atoms with Crippen LogP contribution in [-0.2, 0) is 11.2 Å². The lowest BCUT2D eigenvalue weighted by Gasteiger charge is -2.25. The molecule has 0 saturated carbocycles. The van der Waals surface area contributed by atoms with Gasteiger partial charge < -0.3 is 10.2 Å². The van der Waals surface area contributed by atoms with Crippen molar-refractivity contribution in [2.45, 2.75) is 51.7 Å². The first-order valence-corrected chi connectivity index (χ1v) is 7.60. The molecule has 100 valence electrons. The molecule has 4 heteroatoms. The highest BCUT2D eigenvalue weighted by Crippen LogP contribution is 2.19. The maximum absolute atomic E-state index is 12.3. The van der Waals surface area contributed by atoms with E-state index in [1.165, 1.54) is 5.56 Å². The van der Waals surface area contributed by atoms with Crippen LogP contribution in [0.2, 0.25) is 0 Å². The third-order valence-corrected chi connectivity index (χ3v) is 4.15. The van der Waals surface area contributed by atoms with E-state index in [9.17, 15) is 4.79 Å². The second kappa shape index (κ2) is 5.85. The lowest BCUT2D eigenvalue weighted by atomic mass is 10.1. The normalized spacial score (nSPS) is 21.9. The van der Waals surface area contributed by atoms with Crippen LogP contribution in [0.1, 0.15) is 32.8 Å². The van der Waals surface area contributed by atoms with Gasteiger partial charge in [-0.1, -0.05) is 13.8 Å². The van der Waals surface area contributed by atoms with Crippen molar-refractivity contribution in [3.05, 3.63) is 22.4 Å². The molecule has 3 nitrogen and oxygen atoms in total. The minimum atomic E-state index is 0.0231. The van der Waals surface area contributed by atoms with Crippen LogP contribution in [0.25, 0.3) is 0 Å². The van der Waals surface area contributed by atoms with E-state index in [1.807, 2.05) is 4.90 Å². The molecule has 1 aliphatic heterocycles. The fraction of sp³-hybridized carbons (Fsp3) is 0.643. The van der Waals surface area contributed by atoms with Crippen molar-refractivity contribution in [3.8, 4) is 0 Å². The number of nitrogens with zero attached hydrogens (tertiary/aromatic N) is 1. The van der Waals surface area contributed by atoms with E-state index in [0.29, 0.717) is 12.1 Å². The molecule has 1 amide bonds. The van der Waals surface area contributed by atoms with Gasteiger partial charge in [0, 0.05) is 18.6 Å². The number of hydrogen-bond donors (Lipinski definition) is 1. The molecule has 0 spiro atoms. The van der Waals surface area contributed by atoms with Crippen molar-refractivity contribution in [1.82, 2.24) is 10.2 Å². The maximum Gasteiger partial charge on any atom is 0.240 e. The van der Waals surface area contributed by atoms with E-state index >= 15 is 0 Å². The lowest BCUT2D eigenvalue weighted by molar-refractivity contribution is -0.131. The molecule has 1 aromatic heterocycles. The minimum Gasteiger partial charge on any atom is -0.338 e. The van der Waals surface area contributed by atoms with Gasteiger partial charge in [0.15, 0.2) is 0 Å². The number of thiophene rings is 1. The zero-order valence-corrected chi connectivity index (χ0v) is 12.2. The molecule has 1 fully saturated rings. The molecule has 18 heavy (non-hydrogen) atoms. The van der Waals surface area contributed by atoms with Crippen molar-refractivity contribution in [1.29, 1.82) is 0 Å². The number of hydrogen-bond acceptors (Lipinski definition) is 3. The van der Waals surface area contributed by atoms with Gasteiger partial charge in [0.25, 0.3) is 0 Å². The number of rotatable bonds is 5. The summed E-state index contributed by atoms with van der Waals surface area (Å²) in [4.78, 5) is 14.3. The first kappa shape index (κ1) is 13.6. The van der Waals surface area contributed by atoms with Crippen molar-refractivity contribution in [2.24, 2.45) is 0 Å². The quantitative estimate of drug-likeness (QED) is 0.887. The van der Waals surface area contributed by atoms with Crippen LogP contribution in [0.4, 0.5) is 0 Å². The van der Waals surface area contributed by atoms with E-state index in [0.717, 1.165) is 19.4 Å². The molecule has 2 heterocycles. The summed E-state index contributed by atoms with van der Waals surface area (Å²) >= 11 is 1.72. The van der Waals surface area contributed by atoms with E-state index < -0.39 is 0 Å². The Bertz CT molecular complexity index is 389. The summed E-state index contributed by atoms with van der Waals surface area (Å²) in [5, 5.41) is 7.61. The Morgan fingerprint density at radius 3 is 2.89 bits per heavy atom. The molecule has 1 aromatic rings. The Labute approximate surface area is 113 Å². The Balaban J connectivity index is 1.92. The standard InChI is InChI=1S/C14H22N2OS/c1-10(2)15-13-4-6-16(14(13)17)11(3)8-12-5-7-18-9-12/h5,7,9-11,13,15H,4,6,8H2,1-3H3.